The standard InChI is InChI=1S/C23H29N3O2/c1-15-7-9-17(10-8-15)16(2)13-18(27)14-28-20-12-11-19-21(23(3,4)5)25-26(6)22(19)24-20/h7-12,16H,13-14H2,1-6H3/t16-/m1/s1. The van der Waals surface area contributed by atoms with Gasteiger partial charge in [0.15, 0.2) is 11.4 Å². The van der Waals surface area contributed by atoms with Crippen LogP contribution in [0.5, 0.6) is 5.88 Å². The van der Waals surface area contributed by atoms with Gasteiger partial charge in [-0.1, -0.05) is 57.5 Å². The van der Waals surface area contributed by atoms with E-state index in [0.717, 1.165) is 16.7 Å². The van der Waals surface area contributed by atoms with Gasteiger partial charge in [0, 0.05) is 30.3 Å². The van der Waals surface area contributed by atoms with E-state index in [1.165, 1.54) is 11.1 Å². The number of rotatable bonds is 6. The number of aryl methyl sites for hydroxylation is 2. The smallest absolute Gasteiger partial charge is 0.215 e. The minimum atomic E-state index is -0.0638. The summed E-state index contributed by atoms with van der Waals surface area (Å²) in [5, 5.41) is 5.62. The van der Waals surface area contributed by atoms with E-state index in [1.807, 2.05) is 19.2 Å². The number of benzene rings is 1. The van der Waals surface area contributed by atoms with Crippen molar-refractivity contribution in [3.05, 3.63) is 53.2 Å². The van der Waals surface area contributed by atoms with E-state index in [1.54, 1.807) is 4.68 Å². The molecule has 28 heavy (non-hydrogen) atoms. The molecule has 0 saturated carbocycles. The topological polar surface area (TPSA) is 57.0 Å². The van der Waals surface area contributed by atoms with Crippen LogP contribution in [0, 0.1) is 6.92 Å². The van der Waals surface area contributed by atoms with Crippen LogP contribution in [-0.4, -0.2) is 27.2 Å². The third-order valence-corrected chi connectivity index (χ3v) is 4.93. The SMILES string of the molecule is Cc1ccc([C@H](C)CC(=O)COc2ccc3c(C(C)(C)C)nn(C)c3n2)cc1. The molecule has 0 unspecified atom stereocenters. The molecule has 0 radical (unpaired) electrons. The van der Waals surface area contributed by atoms with Crippen molar-refractivity contribution in [3.8, 4) is 5.88 Å². The summed E-state index contributed by atoms with van der Waals surface area (Å²) in [5.74, 6) is 0.682. The van der Waals surface area contributed by atoms with E-state index in [0.29, 0.717) is 12.3 Å². The molecule has 1 aromatic carbocycles. The van der Waals surface area contributed by atoms with Gasteiger partial charge in [-0.2, -0.15) is 10.1 Å². The average Bonchev–Trinajstić information content (AvgIpc) is 2.97. The lowest BCUT2D eigenvalue weighted by atomic mass is 9.90. The third kappa shape index (κ3) is 4.41. The molecule has 3 aromatic rings. The molecule has 0 aliphatic carbocycles. The number of Topliss-reactive ketones (excluding diaryl/α,β-unsaturated/α-hetero) is 1. The monoisotopic (exact) mass is 379 g/mol. The maximum Gasteiger partial charge on any atom is 0.215 e. The van der Waals surface area contributed by atoms with E-state index >= 15 is 0 Å². The summed E-state index contributed by atoms with van der Waals surface area (Å²) in [7, 11) is 1.88. The highest BCUT2D eigenvalue weighted by molar-refractivity contribution is 5.81. The molecular weight excluding hydrogens is 350 g/mol. The molecule has 0 fully saturated rings. The third-order valence-electron chi connectivity index (χ3n) is 4.93. The second-order valence-corrected chi connectivity index (χ2v) is 8.59. The Bertz CT molecular complexity index is 981. The van der Waals surface area contributed by atoms with Gasteiger partial charge in [-0.3, -0.25) is 9.48 Å². The first-order valence-electron chi connectivity index (χ1n) is 9.70. The van der Waals surface area contributed by atoms with Gasteiger partial charge < -0.3 is 4.74 Å². The minimum Gasteiger partial charge on any atom is -0.470 e. The Morgan fingerprint density at radius 2 is 1.82 bits per heavy atom. The Balaban J connectivity index is 1.65. The highest BCUT2D eigenvalue weighted by Crippen LogP contribution is 2.29. The second kappa shape index (κ2) is 7.74. The van der Waals surface area contributed by atoms with Crippen LogP contribution < -0.4 is 4.74 Å². The number of carbonyl (C=O) groups is 1. The number of fused-ring (bicyclic) bond motifs is 1. The fourth-order valence-electron chi connectivity index (χ4n) is 3.32. The van der Waals surface area contributed by atoms with E-state index < -0.39 is 0 Å². The van der Waals surface area contributed by atoms with Crippen LogP contribution in [0.4, 0.5) is 0 Å². The van der Waals surface area contributed by atoms with Gasteiger partial charge >= 0.3 is 0 Å². The Morgan fingerprint density at radius 1 is 1.14 bits per heavy atom. The van der Waals surface area contributed by atoms with Crippen LogP contribution >= 0.6 is 0 Å². The molecule has 148 valence electrons. The molecule has 2 heterocycles. The Morgan fingerprint density at radius 3 is 2.46 bits per heavy atom. The van der Waals surface area contributed by atoms with Gasteiger partial charge in [0.25, 0.3) is 0 Å². The second-order valence-electron chi connectivity index (χ2n) is 8.59. The zero-order valence-corrected chi connectivity index (χ0v) is 17.6. The molecule has 5 nitrogen and oxygen atoms in total. The summed E-state index contributed by atoms with van der Waals surface area (Å²) in [4.78, 5) is 16.9. The zero-order valence-electron chi connectivity index (χ0n) is 17.6. The maximum atomic E-state index is 12.4. The maximum absolute atomic E-state index is 12.4. The summed E-state index contributed by atoms with van der Waals surface area (Å²) in [6.45, 7) is 10.5. The summed E-state index contributed by atoms with van der Waals surface area (Å²) >= 11 is 0. The number of ether oxygens (including phenoxy) is 1. The minimum absolute atomic E-state index is 0.0265. The molecular formula is C23H29N3O2. The van der Waals surface area contributed by atoms with Gasteiger partial charge in [-0.05, 0) is 24.5 Å². The normalized spacial score (nSPS) is 12.9. The van der Waals surface area contributed by atoms with Gasteiger partial charge in [0.2, 0.25) is 5.88 Å². The molecule has 2 aromatic heterocycles. The van der Waals surface area contributed by atoms with Crippen molar-refractivity contribution < 1.29 is 9.53 Å². The van der Waals surface area contributed by atoms with E-state index in [2.05, 4.69) is 69.0 Å². The molecule has 0 saturated heterocycles. The van der Waals surface area contributed by atoms with E-state index in [4.69, 9.17) is 4.74 Å². The highest BCUT2D eigenvalue weighted by atomic mass is 16.5. The molecule has 5 heteroatoms. The molecule has 1 atom stereocenters. The van der Waals surface area contributed by atoms with Crippen molar-refractivity contribution in [2.75, 3.05) is 6.61 Å². The number of hydrogen-bond acceptors (Lipinski definition) is 4. The molecule has 0 N–H and O–H groups in total. The number of ketones is 1. The molecule has 0 spiro atoms. The summed E-state index contributed by atoms with van der Waals surface area (Å²) < 4.78 is 7.45. The molecule has 0 aliphatic heterocycles. The molecule has 0 aliphatic rings. The lowest BCUT2D eigenvalue weighted by Crippen LogP contribution is -2.14. The van der Waals surface area contributed by atoms with Crippen molar-refractivity contribution in [1.82, 2.24) is 14.8 Å². The van der Waals surface area contributed by atoms with E-state index in [-0.39, 0.29) is 23.7 Å². The van der Waals surface area contributed by atoms with Crippen LogP contribution in [0.15, 0.2) is 36.4 Å². The predicted molar refractivity (Wildman–Crippen MR) is 112 cm³/mol. The first kappa shape index (κ1) is 20.1. The lowest BCUT2D eigenvalue weighted by molar-refractivity contribution is -0.121. The number of carbonyl (C=O) groups excluding carboxylic acids is 1. The van der Waals surface area contributed by atoms with Crippen LogP contribution in [0.25, 0.3) is 11.0 Å². The Labute approximate surface area is 166 Å². The van der Waals surface area contributed by atoms with Crippen molar-refractivity contribution in [1.29, 1.82) is 0 Å². The van der Waals surface area contributed by atoms with Gasteiger partial charge in [-0.25, -0.2) is 0 Å². The van der Waals surface area contributed by atoms with Crippen molar-refractivity contribution in [3.63, 3.8) is 0 Å². The van der Waals surface area contributed by atoms with Crippen LogP contribution in [0.1, 0.15) is 56.9 Å². The van der Waals surface area contributed by atoms with Gasteiger partial charge in [0.05, 0.1) is 5.69 Å². The number of aromatic nitrogens is 3. The summed E-state index contributed by atoms with van der Waals surface area (Å²) in [6.07, 6.45) is 0.450. The molecule has 0 bridgehead atoms. The van der Waals surface area contributed by atoms with Crippen LogP contribution in [-0.2, 0) is 17.3 Å². The van der Waals surface area contributed by atoms with Crippen LogP contribution in [0.3, 0.4) is 0 Å². The number of nitrogens with zero attached hydrogens (tertiary/aromatic N) is 3. The van der Waals surface area contributed by atoms with Crippen molar-refractivity contribution in [2.24, 2.45) is 7.05 Å². The Kier molecular flexibility index (Phi) is 5.54. The first-order chi connectivity index (χ1) is 13.1. The van der Waals surface area contributed by atoms with Gasteiger partial charge in [0.1, 0.15) is 6.61 Å². The predicted octanol–water partition coefficient (Wildman–Crippen LogP) is 4.72. The fourth-order valence-corrected chi connectivity index (χ4v) is 3.32. The van der Waals surface area contributed by atoms with E-state index in [9.17, 15) is 4.79 Å². The number of hydrogen-bond donors (Lipinski definition) is 0. The highest BCUT2D eigenvalue weighted by Gasteiger charge is 2.22. The quantitative estimate of drug-likeness (QED) is 0.622. The zero-order chi connectivity index (χ0) is 20.5. The largest absolute Gasteiger partial charge is 0.470 e. The number of pyridine rings is 1. The van der Waals surface area contributed by atoms with Crippen molar-refractivity contribution in [2.45, 2.75) is 52.4 Å². The molecule has 3 rings (SSSR count). The van der Waals surface area contributed by atoms with Crippen LogP contribution in [0.2, 0.25) is 0 Å². The fraction of sp³-hybridized carbons (Fsp3) is 0.435. The van der Waals surface area contributed by atoms with Gasteiger partial charge in [-0.15, -0.1) is 0 Å². The van der Waals surface area contributed by atoms with Crippen molar-refractivity contribution >= 4 is 16.8 Å². The lowest BCUT2D eigenvalue weighted by Gasteiger charge is -2.15. The molecule has 0 amide bonds. The summed E-state index contributed by atoms with van der Waals surface area (Å²) in [5.41, 5.74) is 4.10. The Hall–Kier alpha value is -2.69. The average molecular weight is 380 g/mol. The summed E-state index contributed by atoms with van der Waals surface area (Å²) in [6, 6.07) is 12.1. The first-order valence-corrected chi connectivity index (χ1v) is 9.70.